The molecule has 3 aromatic carbocycles. The number of benzene rings is 3. The summed E-state index contributed by atoms with van der Waals surface area (Å²) in [6.45, 7) is 16.4. The fourth-order valence-electron chi connectivity index (χ4n) is 13.9. The molecule has 5 N–H and O–H groups in total. The van der Waals surface area contributed by atoms with Crippen LogP contribution in [0.1, 0.15) is 130 Å². The van der Waals surface area contributed by atoms with Crippen molar-refractivity contribution in [1.29, 1.82) is 0 Å². The predicted octanol–water partition coefficient (Wildman–Crippen LogP) is 10.4. The highest BCUT2D eigenvalue weighted by Crippen LogP contribution is 2.39. The predicted molar refractivity (Wildman–Crippen MR) is 398 cm³/mol. The monoisotopic (exact) mass is 1480 g/mol. The molecule has 5 saturated heterocycles. The van der Waals surface area contributed by atoms with Gasteiger partial charge in [0.1, 0.15) is 17.2 Å². The summed E-state index contributed by atoms with van der Waals surface area (Å²) in [4.78, 5) is 49.7. The number of aliphatic carboxylic acids is 4. The molecular formula is C79H113N9O18. The molecule has 0 radical (unpaired) electrons. The number of piperidine rings is 3. The van der Waals surface area contributed by atoms with Gasteiger partial charge in [-0.15, -0.1) is 0 Å². The van der Waals surface area contributed by atoms with Gasteiger partial charge in [0, 0.05) is 73.2 Å². The first-order chi connectivity index (χ1) is 51.3. The van der Waals surface area contributed by atoms with Crippen LogP contribution in [-0.2, 0) is 77.0 Å². The van der Waals surface area contributed by atoms with E-state index in [0.717, 1.165) is 270 Å². The van der Waals surface area contributed by atoms with Crippen molar-refractivity contribution in [1.82, 2.24) is 45.3 Å². The van der Waals surface area contributed by atoms with E-state index in [1.165, 1.54) is 83.5 Å². The highest BCUT2D eigenvalue weighted by Gasteiger charge is 2.31. The lowest BCUT2D eigenvalue weighted by Crippen LogP contribution is -2.39. The number of hydrogen-bond acceptors (Lipinski definition) is 23. The van der Waals surface area contributed by atoms with Crippen molar-refractivity contribution in [2.24, 2.45) is 35.5 Å². The molecule has 0 amide bonds. The van der Waals surface area contributed by atoms with Crippen molar-refractivity contribution >= 4 is 56.8 Å². The van der Waals surface area contributed by atoms with Crippen LogP contribution in [0, 0.1) is 35.5 Å². The Hall–Kier alpha value is -7.57. The highest BCUT2D eigenvalue weighted by atomic mass is 16.7. The molecule has 0 bridgehead atoms. The molecule has 27 nitrogen and oxygen atoms in total. The maximum Gasteiger partial charge on any atom is 0.328 e. The summed E-state index contributed by atoms with van der Waals surface area (Å²) in [6.07, 6.45) is 23.9. The van der Waals surface area contributed by atoms with Crippen molar-refractivity contribution in [3.05, 3.63) is 94.5 Å². The van der Waals surface area contributed by atoms with E-state index in [0.29, 0.717) is 24.3 Å². The van der Waals surface area contributed by atoms with E-state index in [1.807, 2.05) is 0 Å². The Morgan fingerprint density at radius 2 is 0.708 bits per heavy atom. The average molecular weight is 1480 g/mol. The average Bonchev–Trinajstić information content (AvgIpc) is 1.57. The topological polar surface area (TPSA) is 320 Å². The van der Waals surface area contributed by atoms with E-state index in [1.54, 1.807) is 0 Å². The number of likely N-dealkylation sites (tertiary alicyclic amines) is 2. The highest BCUT2D eigenvalue weighted by molar-refractivity contribution is 5.90. The second-order valence-electron chi connectivity index (χ2n) is 30.3. The third-order valence-electron chi connectivity index (χ3n) is 20.4. The van der Waals surface area contributed by atoms with Gasteiger partial charge < -0.3 is 87.2 Å². The molecule has 14 rings (SSSR count). The molecule has 3 aliphatic carbocycles. The number of nitrogens with zero attached hydrogens (tertiary/aromatic N) is 8. The summed E-state index contributed by atoms with van der Waals surface area (Å²) in [5.74, 6) is 2.32. The van der Waals surface area contributed by atoms with Crippen LogP contribution in [0.5, 0.6) is 17.2 Å². The lowest BCUT2D eigenvalue weighted by atomic mass is 9.91. The lowest BCUT2D eigenvalue weighted by molar-refractivity contribution is -0.134. The molecule has 582 valence electrons. The summed E-state index contributed by atoms with van der Waals surface area (Å²) in [5.41, 5.74) is 9.36. The number of aryl methyl sites for hydroxylation is 3. The molecule has 3 saturated carbocycles. The van der Waals surface area contributed by atoms with Crippen LogP contribution < -0.4 is 19.5 Å². The van der Waals surface area contributed by atoms with Gasteiger partial charge in [-0.25, -0.2) is 19.2 Å². The number of hydrogen-bond donors (Lipinski definition) is 5. The molecule has 8 aliphatic rings. The number of carboxylic acids is 4. The number of carbonyl (C=O) groups is 4. The van der Waals surface area contributed by atoms with Crippen molar-refractivity contribution in [2.75, 3.05) is 141 Å². The summed E-state index contributed by atoms with van der Waals surface area (Å²) in [6, 6.07) is 12.8. The van der Waals surface area contributed by atoms with Crippen molar-refractivity contribution < 1.29 is 86.3 Å². The summed E-state index contributed by atoms with van der Waals surface area (Å²) in [7, 11) is 12.5. The third-order valence-corrected chi connectivity index (χ3v) is 20.4. The molecule has 0 unspecified atom stereocenters. The number of nitrogens with one attached hydrogen (secondary N) is 1. The molecular weight excluding hydrogens is 1360 g/mol. The largest absolute Gasteiger partial charge is 0.493 e. The van der Waals surface area contributed by atoms with Crippen LogP contribution >= 0.6 is 0 Å². The Labute approximate surface area is 621 Å². The Morgan fingerprint density at radius 1 is 0.425 bits per heavy atom. The van der Waals surface area contributed by atoms with Crippen molar-refractivity contribution in [3.63, 3.8) is 0 Å². The van der Waals surface area contributed by atoms with Crippen molar-refractivity contribution in [2.45, 2.75) is 148 Å². The first-order valence-corrected chi connectivity index (χ1v) is 38.2. The van der Waals surface area contributed by atoms with Crippen LogP contribution in [0.25, 0.3) is 32.9 Å². The second kappa shape index (κ2) is 41.1. The van der Waals surface area contributed by atoms with E-state index in [2.05, 4.69) is 124 Å². The molecule has 106 heavy (non-hydrogen) atoms. The summed E-state index contributed by atoms with van der Waals surface area (Å²) >= 11 is 0. The SMILES string of the molecule is CN(C)Cc1c(OCC2CC2)ccc2c(CCC3CCN(CC4OCCO4)CC3)noc12.CN(C)Cc1c(OCC2CC2)ccc2c(CCC3CCN(CC4OCCO4)CC3)noc12.CN(C)Cc1c(OCC2CC2)ccc2c(CCC3CCNCC3)noc12.O=C(O)/C=C/C(=O)O.O=C(O)/C=C/C(=O)O. The molecule has 27 heteroatoms. The third kappa shape index (κ3) is 26.7. The Kier molecular flexibility index (Phi) is 31.4. The zero-order chi connectivity index (χ0) is 74.9. The van der Waals surface area contributed by atoms with E-state index in [9.17, 15) is 19.2 Å². The minimum Gasteiger partial charge on any atom is -0.493 e. The summed E-state index contributed by atoms with van der Waals surface area (Å²) in [5, 5.41) is 51.6. The van der Waals surface area contributed by atoms with E-state index >= 15 is 0 Å². The number of carboxylic acid groups (broad SMARTS) is 4. The Bertz CT molecular complexity index is 3570. The molecule has 0 atom stereocenters. The molecule has 3 aromatic heterocycles. The van der Waals surface area contributed by atoms with Crippen LogP contribution in [0.2, 0.25) is 0 Å². The zero-order valence-electron chi connectivity index (χ0n) is 62.9. The van der Waals surface area contributed by atoms with Crippen molar-refractivity contribution in [3.8, 4) is 17.2 Å². The first-order valence-electron chi connectivity index (χ1n) is 38.2. The van der Waals surface area contributed by atoms with Gasteiger partial charge in [-0.05, 0) is 269 Å². The molecule has 6 aromatic rings. The van der Waals surface area contributed by atoms with Gasteiger partial charge in [0.15, 0.2) is 29.3 Å². The van der Waals surface area contributed by atoms with E-state index in [-0.39, 0.29) is 12.6 Å². The summed E-state index contributed by atoms with van der Waals surface area (Å²) < 4.78 is 58.4. The van der Waals surface area contributed by atoms with E-state index < -0.39 is 23.9 Å². The van der Waals surface area contributed by atoms with Gasteiger partial charge in [0.25, 0.3) is 0 Å². The smallest absolute Gasteiger partial charge is 0.328 e. The Balaban J connectivity index is 0.000000155. The first kappa shape index (κ1) is 81.0. The number of aromatic nitrogens is 3. The van der Waals surface area contributed by atoms with Gasteiger partial charge in [0.05, 0.1) is 80.0 Å². The lowest BCUT2D eigenvalue weighted by Gasteiger charge is -2.32. The fraction of sp³-hybridized carbons (Fsp3) is 0.633. The zero-order valence-corrected chi connectivity index (χ0v) is 62.9. The van der Waals surface area contributed by atoms with E-state index in [4.69, 9.17) is 67.2 Å². The maximum atomic E-state index is 9.55. The van der Waals surface area contributed by atoms with Gasteiger partial charge >= 0.3 is 23.9 Å². The maximum absolute atomic E-state index is 9.55. The van der Waals surface area contributed by atoms with Crippen LogP contribution in [0.15, 0.2) is 74.3 Å². The normalized spacial score (nSPS) is 18.8. The number of rotatable bonds is 32. The molecule has 5 aliphatic heterocycles. The van der Waals surface area contributed by atoms with Gasteiger partial charge in [-0.3, -0.25) is 9.80 Å². The Morgan fingerprint density at radius 3 is 0.972 bits per heavy atom. The quantitative estimate of drug-likeness (QED) is 0.0245. The molecule has 0 spiro atoms. The minimum atomic E-state index is -1.26. The van der Waals surface area contributed by atoms with Crippen LogP contribution in [0.4, 0.5) is 0 Å². The molecule has 8 heterocycles. The number of ether oxygens (including phenoxy) is 7. The van der Waals surface area contributed by atoms with Gasteiger partial charge in [-0.2, -0.15) is 0 Å². The van der Waals surface area contributed by atoms with Crippen LogP contribution in [-0.4, -0.2) is 238 Å². The number of fused-ring (bicyclic) bond motifs is 3. The fourth-order valence-corrected chi connectivity index (χ4v) is 13.9. The standard InChI is InChI=1S/2C25H37N3O4.C21H31N3O2.2C4H4O4/c2*1-27(2)15-21-23(31-17-19-3-4-19)8-6-20-22(26-32-25(20)21)7-5-18-9-11-28(12-10-18)16-24-29-13-14-30-24;1-24(2)13-18-20(25-14-16-3-4-16)8-6-17-19(23-26-21(17)18)7-5-15-9-11-22-12-10-15;2*5-3(6)1-2-4(7)8/h2*6,8,18-19,24H,3-5,7,9-17H2,1-2H3;6,8,15-16,22H,3-5,7,9-14H2,1-2H3;2*1-2H,(H,5,6)(H,7,8)/b;;;2*2-1+. The minimum absolute atomic E-state index is 0.0254. The van der Waals surface area contributed by atoms with Gasteiger partial charge in [0.2, 0.25) is 0 Å². The molecule has 8 fully saturated rings. The van der Waals surface area contributed by atoms with Crippen LogP contribution in [0.3, 0.4) is 0 Å². The second-order valence-corrected chi connectivity index (χ2v) is 30.3. The van der Waals surface area contributed by atoms with Gasteiger partial charge in [-0.1, -0.05) is 15.5 Å².